The third-order valence-corrected chi connectivity index (χ3v) is 4.15. The van der Waals surface area contributed by atoms with Crippen molar-refractivity contribution < 1.29 is 4.79 Å². The first-order valence-electron chi connectivity index (χ1n) is 6.72. The molecule has 0 aliphatic rings. The standard InChI is InChI=1S/C17H19NOS/c1-4-20-16-8-6-5-7-15(16)17(19)18-14-10-9-12(2)13(3)11-14/h5-11H,4H2,1-3H3,(H,18,19). The maximum absolute atomic E-state index is 12.4. The topological polar surface area (TPSA) is 29.1 Å². The number of carbonyl (C=O) groups is 1. The molecule has 0 atom stereocenters. The SMILES string of the molecule is CCSc1ccccc1C(=O)Nc1ccc(C)c(C)c1. The van der Waals surface area contributed by atoms with E-state index in [-0.39, 0.29) is 5.91 Å². The van der Waals surface area contributed by atoms with Crippen LogP contribution in [-0.2, 0) is 0 Å². The van der Waals surface area contributed by atoms with Crippen LogP contribution in [0.5, 0.6) is 0 Å². The van der Waals surface area contributed by atoms with Crippen LogP contribution in [0.3, 0.4) is 0 Å². The lowest BCUT2D eigenvalue weighted by Crippen LogP contribution is -2.13. The molecule has 0 fully saturated rings. The molecular formula is C17H19NOS. The van der Waals surface area contributed by atoms with E-state index in [1.807, 2.05) is 49.4 Å². The lowest BCUT2D eigenvalue weighted by atomic mass is 10.1. The Morgan fingerprint density at radius 1 is 1.10 bits per heavy atom. The summed E-state index contributed by atoms with van der Waals surface area (Å²) in [5.41, 5.74) is 3.98. The van der Waals surface area contributed by atoms with Gasteiger partial charge < -0.3 is 5.32 Å². The molecule has 0 saturated carbocycles. The zero-order chi connectivity index (χ0) is 14.5. The molecule has 0 radical (unpaired) electrons. The van der Waals surface area contributed by atoms with Crippen molar-refractivity contribution in [3.05, 3.63) is 59.2 Å². The predicted octanol–water partition coefficient (Wildman–Crippen LogP) is 4.67. The van der Waals surface area contributed by atoms with E-state index in [9.17, 15) is 4.79 Å². The van der Waals surface area contributed by atoms with E-state index in [1.54, 1.807) is 11.8 Å². The number of benzene rings is 2. The van der Waals surface area contributed by atoms with Crippen molar-refractivity contribution in [3.8, 4) is 0 Å². The predicted molar refractivity (Wildman–Crippen MR) is 86.7 cm³/mol. The van der Waals surface area contributed by atoms with Crippen LogP contribution in [0.1, 0.15) is 28.4 Å². The highest BCUT2D eigenvalue weighted by Crippen LogP contribution is 2.23. The van der Waals surface area contributed by atoms with Crippen molar-refractivity contribution in [2.75, 3.05) is 11.1 Å². The summed E-state index contributed by atoms with van der Waals surface area (Å²) >= 11 is 1.69. The van der Waals surface area contributed by atoms with Gasteiger partial charge in [0.05, 0.1) is 5.56 Å². The summed E-state index contributed by atoms with van der Waals surface area (Å²) in [4.78, 5) is 13.4. The van der Waals surface area contributed by atoms with Gasteiger partial charge in [-0.15, -0.1) is 11.8 Å². The average molecular weight is 285 g/mol. The molecule has 2 aromatic carbocycles. The number of rotatable bonds is 4. The molecule has 104 valence electrons. The van der Waals surface area contributed by atoms with E-state index < -0.39 is 0 Å². The molecule has 0 bridgehead atoms. The first-order valence-corrected chi connectivity index (χ1v) is 7.71. The minimum Gasteiger partial charge on any atom is -0.322 e. The molecule has 0 unspecified atom stereocenters. The quantitative estimate of drug-likeness (QED) is 0.827. The van der Waals surface area contributed by atoms with Crippen molar-refractivity contribution in [3.63, 3.8) is 0 Å². The maximum Gasteiger partial charge on any atom is 0.256 e. The molecule has 2 aromatic rings. The second kappa shape index (κ2) is 6.62. The van der Waals surface area contributed by atoms with E-state index in [0.717, 1.165) is 21.9 Å². The Morgan fingerprint density at radius 3 is 2.55 bits per heavy atom. The number of amides is 1. The molecule has 0 saturated heterocycles. The van der Waals surface area contributed by atoms with Gasteiger partial charge in [-0.1, -0.05) is 25.1 Å². The van der Waals surface area contributed by atoms with E-state index in [4.69, 9.17) is 0 Å². The zero-order valence-corrected chi connectivity index (χ0v) is 12.9. The molecule has 1 amide bonds. The lowest BCUT2D eigenvalue weighted by molar-refractivity contribution is 0.102. The number of thioether (sulfide) groups is 1. The van der Waals surface area contributed by atoms with Crippen LogP contribution in [0.4, 0.5) is 5.69 Å². The summed E-state index contributed by atoms with van der Waals surface area (Å²) in [6.45, 7) is 6.20. The van der Waals surface area contributed by atoms with Gasteiger partial charge in [0.1, 0.15) is 0 Å². The van der Waals surface area contributed by atoms with Crippen LogP contribution in [0, 0.1) is 13.8 Å². The Kier molecular flexibility index (Phi) is 4.85. The van der Waals surface area contributed by atoms with Gasteiger partial charge in [0, 0.05) is 10.6 Å². The van der Waals surface area contributed by atoms with Crippen LogP contribution < -0.4 is 5.32 Å². The third-order valence-electron chi connectivity index (χ3n) is 3.20. The summed E-state index contributed by atoms with van der Waals surface area (Å²) in [6, 6.07) is 13.7. The molecule has 0 aliphatic heterocycles. The summed E-state index contributed by atoms with van der Waals surface area (Å²) in [7, 11) is 0. The highest BCUT2D eigenvalue weighted by molar-refractivity contribution is 7.99. The third kappa shape index (κ3) is 3.42. The van der Waals surface area contributed by atoms with E-state index >= 15 is 0 Å². The van der Waals surface area contributed by atoms with Gasteiger partial charge in [-0.25, -0.2) is 0 Å². The molecule has 3 heteroatoms. The van der Waals surface area contributed by atoms with E-state index in [1.165, 1.54) is 11.1 Å². The maximum atomic E-state index is 12.4. The van der Waals surface area contributed by atoms with Gasteiger partial charge in [-0.05, 0) is 55.0 Å². The fourth-order valence-corrected chi connectivity index (χ4v) is 2.76. The Labute approximate surface area is 124 Å². The number of hydrogen-bond acceptors (Lipinski definition) is 2. The smallest absolute Gasteiger partial charge is 0.256 e. The lowest BCUT2D eigenvalue weighted by Gasteiger charge is -2.10. The minimum absolute atomic E-state index is 0.0511. The van der Waals surface area contributed by atoms with Crippen molar-refractivity contribution >= 4 is 23.4 Å². The number of anilines is 1. The number of carbonyl (C=O) groups excluding carboxylic acids is 1. The van der Waals surface area contributed by atoms with Crippen LogP contribution >= 0.6 is 11.8 Å². The van der Waals surface area contributed by atoms with Gasteiger partial charge in [0.25, 0.3) is 5.91 Å². The summed E-state index contributed by atoms with van der Waals surface area (Å²) in [6.07, 6.45) is 0. The largest absolute Gasteiger partial charge is 0.322 e. The first-order chi connectivity index (χ1) is 9.61. The molecular weight excluding hydrogens is 266 g/mol. The molecule has 0 aliphatic carbocycles. The van der Waals surface area contributed by atoms with Crippen LogP contribution in [0.2, 0.25) is 0 Å². The number of nitrogens with one attached hydrogen (secondary N) is 1. The highest BCUT2D eigenvalue weighted by atomic mass is 32.2. The minimum atomic E-state index is -0.0511. The van der Waals surface area contributed by atoms with Gasteiger partial charge in [-0.2, -0.15) is 0 Å². The molecule has 0 spiro atoms. The molecule has 0 aromatic heterocycles. The van der Waals surface area contributed by atoms with E-state index in [2.05, 4.69) is 19.2 Å². The Balaban J connectivity index is 2.21. The fourth-order valence-electron chi connectivity index (χ4n) is 1.95. The van der Waals surface area contributed by atoms with Crippen molar-refractivity contribution in [1.82, 2.24) is 0 Å². The second-order valence-electron chi connectivity index (χ2n) is 4.68. The molecule has 20 heavy (non-hydrogen) atoms. The molecule has 2 rings (SSSR count). The Morgan fingerprint density at radius 2 is 1.85 bits per heavy atom. The second-order valence-corrected chi connectivity index (χ2v) is 5.99. The fraction of sp³-hybridized carbons (Fsp3) is 0.235. The van der Waals surface area contributed by atoms with Crippen molar-refractivity contribution in [2.24, 2.45) is 0 Å². The summed E-state index contributed by atoms with van der Waals surface area (Å²) < 4.78 is 0. The monoisotopic (exact) mass is 285 g/mol. The van der Waals surface area contributed by atoms with Gasteiger partial charge in [0.2, 0.25) is 0 Å². The number of hydrogen-bond donors (Lipinski definition) is 1. The zero-order valence-electron chi connectivity index (χ0n) is 12.1. The normalized spacial score (nSPS) is 10.3. The Bertz CT molecular complexity index is 622. The van der Waals surface area contributed by atoms with E-state index in [0.29, 0.717) is 0 Å². The van der Waals surface area contributed by atoms with Gasteiger partial charge in [0.15, 0.2) is 0 Å². The molecule has 1 N–H and O–H groups in total. The first kappa shape index (κ1) is 14.7. The summed E-state index contributed by atoms with van der Waals surface area (Å²) in [5, 5.41) is 2.97. The Hall–Kier alpha value is -1.74. The highest BCUT2D eigenvalue weighted by Gasteiger charge is 2.11. The van der Waals surface area contributed by atoms with Gasteiger partial charge in [-0.3, -0.25) is 4.79 Å². The van der Waals surface area contributed by atoms with Crippen LogP contribution in [-0.4, -0.2) is 11.7 Å². The summed E-state index contributed by atoms with van der Waals surface area (Å²) in [5.74, 6) is 0.901. The molecule has 2 nitrogen and oxygen atoms in total. The molecule has 0 heterocycles. The average Bonchev–Trinajstić information content (AvgIpc) is 2.44. The van der Waals surface area contributed by atoms with Crippen LogP contribution in [0.15, 0.2) is 47.4 Å². The van der Waals surface area contributed by atoms with Gasteiger partial charge >= 0.3 is 0 Å². The number of aryl methyl sites for hydroxylation is 2. The van der Waals surface area contributed by atoms with Crippen LogP contribution in [0.25, 0.3) is 0 Å². The van der Waals surface area contributed by atoms with Crippen molar-refractivity contribution in [1.29, 1.82) is 0 Å². The van der Waals surface area contributed by atoms with Crippen molar-refractivity contribution in [2.45, 2.75) is 25.7 Å².